The van der Waals surface area contributed by atoms with E-state index in [2.05, 4.69) is 36.3 Å². The van der Waals surface area contributed by atoms with Crippen molar-refractivity contribution in [1.82, 2.24) is 4.98 Å². The molecule has 0 amide bonds. The molecule has 0 aromatic carbocycles. The summed E-state index contributed by atoms with van der Waals surface area (Å²) in [5.41, 5.74) is 2.25. The van der Waals surface area contributed by atoms with Crippen molar-refractivity contribution in [3.8, 4) is 0 Å². The summed E-state index contributed by atoms with van der Waals surface area (Å²) in [4.78, 5) is 4.33. The van der Waals surface area contributed by atoms with Gasteiger partial charge in [-0.1, -0.05) is 13.8 Å². The molecule has 2 heteroatoms. The Morgan fingerprint density at radius 3 is 2.41 bits per heavy atom. The van der Waals surface area contributed by atoms with Crippen LogP contribution >= 0.6 is 0 Å². The molecule has 2 rings (SSSR count). The molecule has 1 aromatic rings. The second kappa shape index (κ2) is 5.52. The average Bonchev–Trinajstić information content (AvgIpc) is 2.33. The molecule has 1 saturated carbocycles. The van der Waals surface area contributed by atoms with Gasteiger partial charge in [0.05, 0.1) is 11.9 Å². The number of hydrogen-bond donors (Lipinski definition) is 1. The quantitative estimate of drug-likeness (QED) is 0.851. The predicted octanol–water partition coefficient (Wildman–Crippen LogP) is 4.02. The summed E-state index contributed by atoms with van der Waals surface area (Å²) >= 11 is 0. The van der Waals surface area contributed by atoms with Gasteiger partial charge in [-0.15, -0.1) is 0 Å². The lowest BCUT2D eigenvalue weighted by atomic mass is 9.79. The van der Waals surface area contributed by atoms with Gasteiger partial charge in [0.2, 0.25) is 0 Å². The Labute approximate surface area is 105 Å². The van der Waals surface area contributed by atoms with Crippen molar-refractivity contribution in [2.24, 2.45) is 11.8 Å². The Hall–Kier alpha value is -1.05. The van der Waals surface area contributed by atoms with Crippen molar-refractivity contribution in [2.75, 3.05) is 5.32 Å². The van der Waals surface area contributed by atoms with E-state index in [1.807, 2.05) is 13.1 Å². The van der Waals surface area contributed by atoms with Crippen LogP contribution in [0.15, 0.2) is 18.3 Å². The van der Waals surface area contributed by atoms with E-state index in [0.717, 1.165) is 17.5 Å². The predicted molar refractivity (Wildman–Crippen MR) is 73.2 cm³/mol. The van der Waals surface area contributed by atoms with E-state index in [4.69, 9.17) is 0 Å². The van der Waals surface area contributed by atoms with Crippen LogP contribution in [0.1, 0.15) is 45.2 Å². The van der Waals surface area contributed by atoms with Gasteiger partial charge in [0.25, 0.3) is 0 Å². The van der Waals surface area contributed by atoms with E-state index in [1.165, 1.54) is 31.4 Å². The zero-order valence-electron chi connectivity index (χ0n) is 11.2. The molecular formula is C15H24N2. The van der Waals surface area contributed by atoms with Crippen LogP contribution in [0.3, 0.4) is 0 Å². The number of aryl methyl sites for hydroxylation is 1. The molecule has 0 atom stereocenters. The maximum absolute atomic E-state index is 4.33. The summed E-state index contributed by atoms with van der Waals surface area (Å²) in [7, 11) is 0. The molecule has 1 heterocycles. The molecule has 0 spiro atoms. The highest BCUT2D eigenvalue weighted by Gasteiger charge is 2.22. The zero-order chi connectivity index (χ0) is 12.3. The van der Waals surface area contributed by atoms with Gasteiger partial charge < -0.3 is 5.32 Å². The highest BCUT2D eigenvalue weighted by atomic mass is 14.9. The molecule has 17 heavy (non-hydrogen) atoms. The molecule has 0 bridgehead atoms. The molecule has 0 saturated heterocycles. The summed E-state index contributed by atoms with van der Waals surface area (Å²) in [5, 5.41) is 3.61. The molecular weight excluding hydrogens is 208 g/mol. The van der Waals surface area contributed by atoms with Gasteiger partial charge in [-0.3, -0.25) is 4.98 Å². The van der Waals surface area contributed by atoms with Crippen LogP contribution in [-0.4, -0.2) is 11.0 Å². The molecule has 1 fully saturated rings. The van der Waals surface area contributed by atoms with Crippen LogP contribution in [0.2, 0.25) is 0 Å². The Bertz CT molecular complexity index is 334. The third-order valence-corrected chi connectivity index (χ3v) is 4.00. The number of anilines is 1. The second-order valence-electron chi connectivity index (χ2n) is 5.69. The molecule has 1 aromatic heterocycles. The zero-order valence-corrected chi connectivity index (χ0v) is 11.2. The van der Waals surface area contributed by atoms with E-state index in [9.17, 15) is 0 Å². The summed E-state index contributed by atoms with van der Waals surface area (Å²) < 4.78 is 0. The highest BCUT2D eigenvalue weighted by molar-refractivity contribution is 5.41. The Kier molecular flexibility index (Phi) is 4.03. The molecule has 94 valence electrons. The number of aromatic nitrogens is 1. The van der Waals surface area contributed by atoms with Gasteiger partial charge in [-0.2, -0.15) is 0 Å². The largest absolute Gasteiger partial charge is 0.381 e. The Balaban J connectivity index is 1.84. The van der Waals surface area contributed by atoms with Crippen molar-refractivity contribution < 1.29 is 0 Å². The monoisotopic (exact) mass is 232 g/mol. The first-order valence-corrected chi connectivity index (χ1v) is 6.84. The fraction of sp³-hybridized carbons (Fsp3) is 0.667. The van der Waals surface area contributed by atoms with Gasteiger partial charge in [-0.05, 0) is 56.6 Å². The maximum Gasteiger partial charge on any atom is 0.0529 e. The molecule has 2 nitrogen and oxygen atoms in total. The van der Waals surface area contributed by atoms with Crippen molar-refractivity contribution in [1.29, 1.82) is 0 Å². The normalized spacial score (nSPS) is 24.9. The lowest BCUT2D eigenvalue weighted by Gasteiger charge is -2.31. The number of hydrogen-bond acceptors (Lipinski definition) is 2. The topological polar surface area (TPSA) is 24.9 Å². The SMILES string of the molecule is Cc1ccc(NC2CCC(C(C)C)CC2)cn1. The van der Waals surface area contributed by atoms with E-state index < -0.39 is 0 Å². The maximum atomic E-state index is 4.33. The molecule has 0 radical (unpaired) electrons. The minimum Gasteiger partial charge on any atom is -0.381 e. The summed E-state index contributed by atoms with van der Waals surface area (Å²) in [6.45, 7) is 6.72. The van der Waals surface area contributed by atoms with E-state index in [1.54, 1.807) is 0 Å². The fourth-order valence-electron chi connectivity index (χ4n) is 2.72. The smallest absolute Gasteiger partial charge is 0.0529 e. The third-order valence-electron chi connectivity index (χ3n) is 4.00. The van der Waals surface area contributed by atoms with Crippen LogP contribution in [0.4, 0.5) is 5.69 Å². The minimum atomic E-state index is 0.648. The molecule has 1 aliphatic rings. The van der Waals surface area contributed by atoms with Gasteiger partial charge in [0.15, 0.2) is 0 Å². The van der Waals surface area contributed by atoms with E-state index >= 15 is 0 Å². The van der Waals surface area contributed by atoms with E-state index in [0.29, 0.717) is 6.04 Å². The minimum absolute atomic E-state index is 0.648. The lowest BCUT2D eigenvalue weighted by molar-refractivity contribution is 0.267. The van der Waals surface area contributed by atoms with Crippen LogP contribution < -0.4 is 5.32 Å². The van der Waals surface area contributed by atoms with Crippen LogP contribution in [0, 0.1) is 18.8 Å². The Morgan fingerprint density at radius 1 is 1.18 bits per heavy atom. The molecule has 1 aliphatic carbocycles. The van der Waals surface area contributed by atoms with Crippen molar-refractivity contribution >= 4 is 5.69 Å². The van der Waals surface area contributed by atoms with Crippen molar-refractivity contribution in [3.05, 3.63) is 24.0 Å². The number of nitrogens with zero attached hydrogens (tertiary/aromatic N) is 1. The number of pyridine rings is 1. The highest BCUT2D eigenvalue weighted by Crippen LogP contribution is 2.31. The fourth-order valence-corrected chi connectivity index (χ4v) is 2.72. The van der Waals surface area contributed by atoms with Crippen molar-refractivity contribution in [2.45, 2.75) is 52.5 Å². The molecule has 1 N–H and O–H groups in total. The van der Waals surface area contributed by atoms with Gasteiger partial charge in [0.1, 0.15) is 0 Å². The Morgan fingerprint density at radius 2 is 1.88 bits per heavy atom. The second-order valence-corrected chi connectivity index (χ2v) is 5.69. The number of rotatable bonds is 3. The standard InChI is InChI=1S/C15H24N2/c1-11(2)13-5-8-14(9-6-13)17-15-7-4-12(3)16-10-15/h4,7,10-11,13-14,17H,5-6,8-9H2,1-3H3. The van der Waals surface area contributed by atoms with Crippen LogP contribution in [0.25, 0.3) is 0 Å². The average molecular weight is 232 g/mol. The third kappa shape index (κ3) is 3.45. The molecule has 0 unspecified atom stereocenters. The summed E-state index contributed by atoms with van der Waals surface area (Å²) in [6.07, 6.45) is 7.29. The van der Waals surface area contributed by atoms with Gasteiger partial charge >= 0.3 is 0 Å². The first-order valence-electron chi connectivity index (χ1n) is 6.84. The van der Waals surface area contributed by atoms with Gasteiger partial charge in [-0.25, -0.2) is 0 Å². The summed E-state index contributed by atoms with van der Waals surface area (Å²) in [6, 6.07) is 4.85. The lowest BCUT2D eigenvalue weighted by Crippen LogP contribution is -2.27. The van der Waals surface area contributed by atoms with Crippen LogP contribution in [0.5, 0.6) is 0 Å². The summed E-state index contributed by atoms with van der Waals surface area (Å²) in [5.74, 6) is 1.78. The first-order chi connectivity index (χ1) is 8.15. The molecule has 0 aliphatic heterocycles. The van der Waals surface area contributed by atoms with E-state index in [-0.39, 0.29) is 0 Å². The van der Waals surface area contributed by atoms with Crippen LogP contribution in [-0.2, 0) is 0 Å². The van der Waals surface area contributed by atoms with Gasteiger partial charge in [0, 0.05) is 11.7 Å². The number of nitrogens with one attached hydrogen (secondary N) is 1. The van der Waals surface area contributed by atoms with Crippen molar-refractivity contribution in [3.63, 3.8) is 0 Å². The first kappa shape index (κ1) is 12.4.